The molecule has 6 aromatic rings. The summed E-state index contributed by atoms with van der Waals surface area (Å²) in [6.45, 7) is 13.6. The summed E-state index contributed by atoms with van der Waals surface area (Å²) in [5.41, 5.74) is 8.06. The van der Waals surface area contributed by atoms with E-state index in [9.17, 15) is 9.90 Å². The molecule has 0 unspecified atom stereocenters. The molecule has 6 heteroatoms. The summed E-state index contributed by atoms with van der Waals surface area (Å²) in [6, 6.07) is 36.7. The minimum atomic E-state index is -1.99. The number of allylic oxidation sites excluding steroid dienone is 2. The van der Waals surface area contributed by atoms with Crippen molar-refractivity contribution in [2.45, 2.75) is 91.0 Å². The Bertz CT molecular complexity index is 2170. The van der Waals surface area contributed by atoms with Crippen molar-refractivity contribution in [3.05, 3.63) is 109 Å². The topological polar surface area (TPSA) is 55.1 Å². The van der Waals surface area contributed by atoms with Crippen LogP contribution in [0.2, 0.25) is 17.3 Å². The normalized spacial score (nSPS) is 12.1. The van der Waals surface area contributed by atoms with Gasteiger partial charge in [0.25, 0.3) is 0 Å². The van der Waals surface area contributed by atoms with E-state index < -0.39 is 13.3 Å². The number of nitrogens with zero attached hydrogens (tertiary/aromatic N) is 2. The number of benzene rings is 4. The van der Waals surface area contributed by atoms with Crippen molar-refractivity contribution >= 4 is 56.2 Å². The third-order valence-electron chi connectivity index (χ3n) is 10.4. The van der Waals surface area contributed by atoms with E-state index in [1.807, 2.05) is 27.7 Å². The van der Waals surface area contributed by atoms with Crippen LogP contribution in [-0.2, 0) is 31.4 Å². The van der Waals surface area contributed by atoms with Crippen molar-refractivity contribution in [2.24, 2.45) is 17.8 Å². The maximum absolute atomic E-state index is 11.7. The molecule has 0 aliphatic carbocycles. The monoisotopic (exact) mass is 948 g/mol. The van der Waals surface area contributed by atoms with Gasteiger partial charge >= 0.3 is 197 Å². The van der Waals surface area contributed by atoms with Crippen LogP contribution in [0, 0.1) is 23.8 Å². The van der Waals surface area contributed by atoms with Gasteiger partial charge in [0.2, 0.25) is 0 Å². The SMILES string of the molecule is CC(C)Cn1c2ccccc2c2c[c-]c(-c3cc(-c4ccccc4)c4c[c]([Ge]([CH3])([CH3])[CH3])ccc4n3)cc21.CCC(CC)C(=O)/C=C(\O)C(CC)CC.[Ir]. The quantitative estimate of drug-likeness (QED) is 0.0576. The van der Waals surface area contributed by atoms with E-state index >= 15 is 0 Å². The number of carbonyl (C=O) groups excluding carboxylic acids is 1. The van der Waals surface area contributed by atoms with Gasteiger partial charge in [-0.05, 0) is 25.7 Å². The second-order valence-electron chi connectivity index (χ2n) is 15.6. The van der Waals surface area contributed by atoms with Crippen LogP contribution < -0.4 is 4.40 Å². The molecule has 0 spiro atoms. The molecule has 0 aliphatic rings. The van der Waals surface area contributed by atoms with E-state index in [0.29, 0.717) is 5.92 Å². The molecule has 2 aromatic heterocycles. The number of hydrogen-bond acceptors (Lipinski definition) is 3. The summed E-state index contributed by atoms with van der Waals surface area (Å²) >= 11 is -1.99. The Labute approximate surface area is 333 Å². The molecule has 6 rings (SSSR count). The molecule has 1 N–H and O–H groups in total. The van der Waals surface area contributed by atoms with Crippen molar-refractivity contribution in [1.29, 1.82) is 0 Å². The van der Waals surface area contributed by atoms with Crippen LogP contribution in [0.5, 0.6) is 0 Å². The third kappa shape index (κ3) is 9.79. The summed E-state index contributed by atoms with van der Waals surface area (Å²) < 4.78 is 3.97. The van der Waals surface area contributed by atoms with E-state index in [1.54, 1.807) is 0 Å². The second kappa shape index (κ2) is 18.7. The van der Waals surface area contributed by atoms with Crippen LogP contribution in [-0.4, -0.2) is 33.7 Å². The minimum absolute atomic E-state index is 0. The third-order valence-corrected chi connectivity index (χ3v) is 14.7. The Hall–Kier alpha value is -3.51. The van der Waals surface area contributed by atoms with Crippen LogP contribution in [0.1, 0.15) is 67.2 Å². The van der Waals surface area contributed by atoms with Crippen LogP contribution in [0.3, 0.4) is 0 Å². The molecule has 0 bridgehead atoms. The summed E-state index contributed by atoms with van der Waals surface area (Å²) in [6.07, 6.45) is 4.91. The van der Waals surface area contributed by atoms with Crippen molar-refractivity contribution in [3.8, 4) is 22.4 Å². The van der Waals surface area contributed by atoms with Gasteiger partial charge in [0.1, 0.15) is 0 Å². The van der Waals surface area contributed by atoms with Crippen LogP contribution in [0.25, 0.3) is 55.1 Å². The molecule has 2 heterocycles. The maximum Gasteiger partial charge on any atom is 0.162 e. The molecule has 4 nitrogen and oxygen atoms in total. The Morgan fingerprint density at radius 1 is 0.792 bits per heavy atom. The number of ketones is 1. The van der Waals surface area contributed by atoms with Gasteiger partial charge in [0.05, 0.1) is 5.76 Å². The molecule has 0 atom stereocenters. The summed E-state index contributed by atoms with van der Waals surface area (Å²) in [5.74, 6) is 8.45. The second-order valence-corrected chi connectivity index (χ2v) is 26.2. The summed E-state index contributed by atoms with van der Waals surface area (Å²) in [7, 11) is 0. The zero-order valence-electron chi connectivity index (χ0n) is 33.1. The maximum atomic E-state index is 11.7. The predicted octanol–water partition coefficient (Wildman–Crippen LogP) is 12.5. The Morgan fingerprint density at radius 3 is 2.06 bits per heavy atom. The first-order valence-corrected chi connectivity index (χ1v) is 26.6. The molecule has 1 radical (unpaired) electrons. The number of para-hydroxylation sites is 1. The van der Waals surface area contributed by atoms with Crippen LogP contribution in [0.4, 0.5) is 0 Å². The smallest absolute Gasteiger partial charge is 0.162 e. The van der Waals surface area contributed by atoms with Gasteiger partial charge in [0, 0.05) is 38.0 Å². The molecule has 0 saturated heterocycles. The fraction of sp³-hybridized carbons (Fsp3) is 0.362. The predicted molar refractivity (Wildman–Crippen MR) is 226 cm³/mol. The van der Waals surface area contributed by atoms with E-state index in [1.165, 1.54) is 48.8 Å². The molecular formula is C47H57GeIrN2O2-. The Kier molecular flexibility index (Phi) is 14.9. The molecule has 4 aromatic carbocycles. The van der Waals surface area contributed by atoms with Gasteiger partial charge in [-0.3, -0.25) is 4.79 Å². The standard InChI is InChI=1S/C34H33GeN2.C13H24O2.Ir/c1-23(2)22-37-33-14-10-9-13-27(33)28-17-15-25(19-34(28)37)32-21-29(24-11-7-6-8-12-24)30-20-26(35(3,4)5)16-18-31(30)36-32;1-5-10(6-2)12(14)9-13(15)11(7-3)8-4;/h6-14,16-21,23H,22H2,1-5H3;9-11,14H,5-8H2,1-4H3;/q-1;;/b;12-9-;. The number of aliphatic hydroxyl groups excluding tert-OH is 1. The van der Waals surface area contributed by atoms with E-state index in [0.717, 1.165) is 49.0 Å². The van der Waals surface area contributed by atoms with Crippen molar-refractivity contribution in [2.75, 3.05) is 0 Å². The molecule has 0 aliphatic heterocycles. The zero-order chi connectivity index (χ0) is 37.6. The van der Waals surface area contributed by atoms with Gasteiger partial charge in [-0.25, -0.2) is 0 Å². The molecule has 0 amide bonds. The number of fused-ring (bicyclic) bond motifs is 4. The van der Waals surface area contributed by atoms with Crippen molar-refractivity contribution in [3.63, 3.8) is 0 Å². The van der Waals surface area contributed by atoms with Crippen molar-refractivity contribution < 1.29 is 30.0 Å². The molecule has 0 saturated carbocycles. The first-order valence-electron chi connectivity index (χ1n) is 19.3. The van der Waals surface area contributed by atoms with E-state index in [4.69, 9.17) is 4.98 Å². The molecule has 53 heavy (non-hydrogen) atoms. The fourth-order valence-electron chi connectivity index (χ4n) is 7.16. The number of rotatable bonds is 12. The summed E-state index contributed by atoms with van der Waals surface area (Å²) in [4.78, 5) is 16.9. The molecular weight excluding hydrogens is 889 g/mol. The van der Waals surface area contributed by atoms with Gasteiger partial charge in [-0.1, -0.05) is 53.7 Å². The number of aliphatic hydroxyl groups is 1. The van der Waals surface area contributed by atoms with E-state index in [-0.39, 0.29) is 43.5 Å². The van der Waals surface area contributed by atoms with Crippen LogP contribution >= 0.6 is 0 Å². The first-order chi connectivity index (χ1) is 24.9. The van der Waals surface area contributed by atoms with Crippen LogP contribution in [0.15, 0.2) is 103 Å². The van der Waals surface area contributed by atoms with Gasteiger partial charge in [-0.15, -0.1) is 0 Å². The minimum Gasteiger partial charge on any atom is -0.512 e. The molecule has 281 valence electrons. The molecule has 0 fully saturated rings. The Morgan fingerprint density at radius 2 is 1.43 bits per heavy atom. The number of carbonyl (C=O) groups is 1. The number of aromatic nitrogens is 2. The Balaban J connectivity index is 0.000000335. The average molecular weight is 947 g/mol. The van der Waals surface area contributed by atoms with Crippen molar-refractivity contribution in [1.82, 2.24) is 9.55 Å². The first kappa shape index (κ1) is 42.2. The van der Waals surface area contributed by atoms with Gasteiger partial charge in [0.15, 0.2) is 5.78 Å². The number of pyridine rings is 1. The van der Waals surface area contributed by atoms with Gasteiger partial charge in [-0.2, -0.15) is 0 Å². The number of hydrogen-bond donors (Lipinski definition) is 1. The fourth-order valence-corrected chi connectivity index (χ4v) is 9.60. The summed E-state index contributed by atoms with van der Waals surface area (Å²) in [5, 5.41) is 13.5. The van der Waals surface area contributed by atoms with E-state index in [2.05, 4.69) is 133 Å². The van der Waals surface area contributed by atoms with Gasteiger partial charge < -0.3 is 5.11 Å². The largest absolute Gasteiger partial charge is 0.512 e. The zero-order valence-corrected chi connectivity index (χ0v) is 37.6. The average Bonchev–Trinajstić information content (AvgIpc) is 3.44.